The molecular formula is C13H18N2O3. The number of carbonyl (C=O) groups is 2. The van der Waals surface area contributed by atoms with Gasteiger partial charge in [-0.15, -0.1) is 0 Å². The van der Waals surface area contributed by atoms with E-state index in [9.17, 15) is 9.59 Å². The molecule has 1 N–H and O–H groups in total. The molecule has 98 valence electrons. The first kappa shape index (κ1) is 14.2. The molecule has 1 atom stereocenters. The Labute approximate surface area is 107 Å². The molecule has 0 bridgehead atoms. The van der Waals surface area contributed by atoms with Crippen LogP contribution in [0.5, 0.6) is 0 Å². The van der Waals surface area contributed by atoms with Gasteiger partial charge in [0.2, 0.25) is 0 Å². The first-order valence-corrected chi connectivity index (χ1v) is 5.74. The summed E-state index contributed by atoms with van der Waals surface area (Å²) in [5, 5.41) is 2.54. The van der Waals surface area contributed by atoms with Crippen molar-refractivity contribution in [2.75, 3.05) is 0 Å². The average molecular weight is 250 g/mol. The maximum absolute atomic E-state index is 11.7. The quantitative estimate of drug-likeness (QED) is 0.826. The van der Waals surface area contributed by atoms with Gasteiger partial charge >= 0.3 is 5.97 Å². The molecule has 0 saturated carbocycles. The lowest BCUT2D eigenvalue weighted by Crippen LogP contribution is -2.42. The summed E-state index contributed by atoms with van der Waals surface area (Å²) in [5.74, 6) is -0.860. The summed E-state index contributed by atoms with van der Waals surface area (Å²) in [6.45, 7) is 6.91. The van der Waals surface area contributed by atoms with Crippen LogP contribution < -0.4 is 5.32 Å². The Kier molecular flexibility index (Phi) is 4.42. The van der Waals surface area contributed by atoms with Gasteiger partial charge in [-0.3, -0.25) is 9.78 Å². The highest BCUT2D eigenvalue weighted by molar-refractivity contribution is 5.95. The first-order valence-electron chi connectivity index (χ1n) is 5.74. The SMILES string of the molecule is C[C@@H](NC(=O)c1ccccn1)C(=O)OC(C)(C)C. The second-order valence-electron chi connectivity index (χ2n) is 4.94. The predicted molar refractivity (Wildman–Crippen MR) is 67.0 cm³/mol. The third kappa shape index (κ3) is 4.53. The minimum absolute atomic E-state index is 0.271. The third-order valence-corrected chi connectivity index (χ3v) is 2.01. The highest BCUT2D eigenvalue weighted by atomic mass is 16.6. The molecule has 0 aliphatic rings. The van der Waals surface area contributed by atoms with Crippen molar-refractivity contribution in [1.29, 1.82) is 0 Å². The molecule has 0 aliphatic carbocycles. The Bertz CT molecular complexity index is 424. The van der Waals surface area contributed by atoms with Gasteiger partial charge in [0, 0.05) is 6.20 Å². The molecule has 1 aromatic rings. The van der Waals surface area contributed by atoms with Crippen LogP contribution in [0.2, 0.25) is 0 Å². The number of carbonyl (C=O) groups excluding carboxylic acids is 2. The highest BCUT2D eigenvalue weighted by Crippen LogP contribution is 2.08. The van der Waals surface area contributed by atoms with Crippen LogP contribution in [0.3, 0.4) is 0 Å². The smallest absolute Gasteiger partial charge is 0.328 e. The summed E-state index contributed by atoms with van der Waals surface area (Å²) in [6.07, 6.45) is 1.52. The molecule has 5 heteroatoms. The molecule has 0 saturated heterocycles. The number of amides is 1. The maximum Gasteiger partial charge on any atom is 0.328 e. The van der Waals surface area contributed by atoms with Crippen molar-refractivity contribution in [3.8, 4) is 0 Å². The number of nitrogens with zero attached hydrogens (tertiary/aromatic N) is 1. The molecule has 0 fully saturated rings. The van der Waals surface area contributed by atoms with Crippen LogP contribution in [0.1, 0.15) is 38.2 Å². The molecule has 0 unspecified atom stereocenters. The number of esters is 1. The van der Waals surface area contributed by atoms with Crippen LogP contribution in [0, 0.1) is 0 Å². The molecule has 1 heterocycles. The highest BCUT2D eigenvalue weighted by Gasteiger charge is 2.23. The minimum atomic E-state index is -0.710. The normalized spacial score (nSPS) is 12.7. The number of aromatic nitrogens is 1. The molecule has 18 heavy (non-hydrogen) atoms. The molecule has 0 aliphatic heterocycles. The molecule has 0 spiro atoms. The fraction of sp³-hybridized carbons (Fsp3) is 0.462. The van der Waals surface area contributed by atoms with E-state index in [1.807, 2.05) is 0 Å². The zero-order valence-electron chi connectivity index (χ0n) is 11.1. The summed E-state index contributed by atoms with van der Waals surface area (Å²) in [5.41, 5.74) is -0.297. The second-order valence-corrected chi connectivity index (χ2v) is 4.94. The van der Waals surface area contributed by atoms with Gasteiger partial charge in [0.1, 0.15) is 17.3 Å². The van der Waals surface area contributed by atoms with Gasteiger partial charge in [-0.1, -0.05) is 6.07 Å². The fourth-order valence-corrected chi connectivity index (χ4v) is 1.22. The van der Waals surface area contributed by atoms with Gasteiger partial charge in [-0.05, 0) is 39.8 Å². The van der Waals surface area contributed by atoms with Crippen LogP contribution in [-0.2, 0) is 9.53 Å². The van der Waals surface area contributed by atoms with Crippen molar-refractivity contribution in [1.82, 2.24) is 10.3 Å². The Morgan fingerprint density at radius 2 is 2.00 bits per heavy atom. The number of hydrogen-bond acceptors (Lipinski definition) is 4. The third-order valence-electron chi connectivity index (χ3n) is 2.01. The molecule has 1 aromatic heterocycles. The van der Waals surface area contributed by atoms with E-state index < -0.39 is 23.5 Å². The van der Waals surface area contributed by atoms with Crippen molar-refractivity contribution in [3.05, 3.63) is 30.1 Å². The zero-order chi connectivity index (χ0) is 13.8. The molecule has 1 amide bonds. The maximum atomic E-state index is 11.7. The van der Waals surface area contributed by atoms with E-state index in [4.69, 9.17) is 4.74 Å². The molecular weight excluding hydrogens is 232 g/mol. The first-order chi connectivity index (χ1) is 8.29. The van der Waals surface area contributed by atoms with Crippen LogP contribution in [0.4, 0.5) is 0 Å². The van der Waals surface area contributed by atoms with E-state index in [2.05, 4.69) is 10.3 Å². The molecule has 0 aromatic carbocycles. The number of ether oxygens (including phenoxy) is 1. The van der Waals surface area contributed by atoms with Crippen LogP contribution in [0.25, 0.3) is 0 Å². The van der Waals surface area contributed by atoms with Gasteiger partial charge < -0.3 is 10.1 Å². The second kappa shape index (κ2) is 5.62. The number of rotatable bonds is 3. The van der Waals surface area contributed by atoms with Gasteiger partial charge in [0.15, 0.2) is 0 Å². The lowest BCUT2D eigenvalue weighted by Gasteiger charge is -2.22. The van der Waals surface area contributed by atoms with E-state index in [0.717, 1.165) is 0 Å². The van der Waals surface area contributed by atoms with Crippen molar-refractivity contribution in [2.24, 2.45) is 0 Å². The minimum Gasteiger partial charge on any atom is -0.458 e. The number of hydrogen-bond donors (Lipinski definition) is 1. The molecule has 1 rings (SSSR count). The Morgan fingerprint density at radius 3 is 2.50 bits per heavy atom. The van der Waals surface area contributed by atoms with Crippen molar-refractivity contribution >= 4 is 11.9 Å². The van der Waals surface area contributed by atoms with Crippen LogP contribution >= 0.6 is 0 Å². The standard InChI is InChI=1S/C13H18N2O3/c1-9(12(17)18-13(2,3)4)15-11(16)10-7-5-6-8-14-10/h5-9H,1-4H3,(H,15,16)/t9-/m1/s1. The van der Waals surface area contributed by atoms with Crippen LogP contribution in [0.15, 0.2) is 24.4 Å². The van der Waals surface area contributed by atoms with E-state index in [-0.39, 0.29) is 5.69 Å². The van der Waals surface area contributed by atoms with Gasteiger partial charge in [-0.2, -0.15) is 0 Å². The summed E-state index contributed by atoms with van der Waals surface area (Å²) in [7, 11) is 0. The summed E-state index contributed by atoms with van der Waals surface area (Å²) >= 11 is 0. The Balaban J connectivity index is 2.58. The van der Waals surface area contributed by atoms with E-state index in [0.29, 0.717) is 0 Å². The lowest BCUT2D eigenvalue weighted by molar-refractivity contribution is -0.156. The lowest BCUT2D eigenvalue weighted by atomic mass is 10.2. The largest absolute Gasteiger partial charge is 0.458 e. The van der Waals surface area contributed by atoms with Crippen molar-refractivity contribution in [3.63, 3.8) is 0 Å². The van der Waals surface area contributed by atoms with Crippen LogP contribution in [-0.4, -0.2) is 28.5 Å². The molecule has 5 nitrogen and oxygen atoms in total. The monoisotopic (exact) mass is 250 g/mol. The number of pyridine rings is 1. The summed E-state index contributed by atoms with van der Waals surface area (Å²) < 4.78 is 5.16. The summed E-state index contributed by atoms with van der Waals surface area (Å²) in [6, 6.07) is 4.30. The average Bonchev–Trinajstić information content (AvgIpc) is 2.27. The van der Waals surface area contributed by atoms with Crippen molar-refractivity contribution in [2.45, 2.75) is 39.3 Å². The topological polar surface area (TPSA) is 68.3 Å². The van der Waals surface area contributed by atoms with Gasteiger partial charge in [-0.25, -0.2) is 4.79 Å². The van der Waals surface area contributed by atoms with E-state index >= 15 is 0 Å². The van der Waals surface area contributed by atoms with Gasteiger partial charge in [0.25, 0.3) is 5.91 Å². The predicted octanol–water partition coefficient (Wildman–Crippen LogP) is 1.54. The summed E-state index contributed by atoms with van der Waals surface area (Å²) in [4.78, 5) is 27.3. The molecule has 0 radical (unpaired) electrons. The number of nitrogens with one attached hydrogen (secondary N) is 1. The Morgan fingerprint density at radius 1 is 1.33 bits per heavy atom. The van der Waals surface area contributed by atoms with Crippen molar-refractivity contribution < 1.29 is 14.3 Å². The van der Waals surface area contributed by atoms with E-state index in [1.54, 1.807) is 45.9 Å². The Hall–Kier alpha value is -1.91. The van der Waals surface area contributed by atoms with Gasteiger partial charge in [0.05, 0.1) is 0 Å². The van der Waals surface area contributed by atoms with E-state index in [1.165, 1.54) is 6.20 Å². The fourth-order valence-electron chi connectivity index (χ4n) is 1.22. The zero-order valence-corrected chi connectivity index (χ0v) is 11.1.